The summed E-state index contributed by atoms with van der Waals surface area (Å²) in [6.45, 7) is 2.80. The third-order valence-electron chi connectivity index (χ3n) is 2.22. The Hall–Kier alpha value is -0.630. The highest BCUT2D eigenvalue weighted by Gasteiger charge is 2.13. The van der Waals surface area contributed by atoms with Gasteiger partial charge in [0.2, 0.25) is 0 Å². The normalized spacial score (nSPS) is 15.2. The largest absolute Gasteiger partial charge is 0.494 e. The minimum absolute atomic E-state index is 0.765. The molecule has 0 fully saturated rings. The van der Waals surface area contributed by atoms with Gasteiger partial charge >= 0.3 is 0 Å². The molecule has 0 atom stereocenters. The number of ether oxygens (including phenoxy) is 1. The van der Waals surface area contributed by atoms with Crippen LogP contribution in [-0.2, 0) is 6.42 Å². The van der Waals surface area contributed by atoms with Gasteiger partial charge in [0.05, 0.1) is 6.61 Å². The number of hydrogen-bond donors (Lipinski definition) is 0. The van der Waals surface area contributed by atoms with Crippen molar-refractivity contribution in [1.82, 2.24) is 0 Å². The van der Waals surface area contributed by atoms with Crippen LogP contribution in [0.15, 0.2) is 23.1 Å². The molecule has 0 N–H and O–H groups in total. The minimum Gasteiger partial charge on any atom is -0.494 e. The van der Waals surface area contributed by atoms with Crippen molar-refractivity contribution in [1.29, 1.82) is 0 Å². The Bertz CT molecular complexity index is 296. The smallest absolute Gasteiger partial charge is 0.123 e. The van der Waals surface area contributed by atoms with Gasteiger partial charge in [0.15, 0.2) is 0 Å². The molecule has 0 amide bonds. The monoisotopic (exact) mass is 194 g/mol. The van der Waals surface area contributed by atoms with Crippen molar-refractivity contribution in [2.75, 3.05) is 12.4 Å². The van der Waals surface area contributed by atoms with Gasteiger partial charge < -0.3 is 4.74 Å². The Morgan fingerprint density at radius 1 is 1.46 bits per heavy atom. The third kappa shape index (κ3) is 1.83. The molecule has 0 aliphatic carbocycles. The third-order valence-corrected chi connectivity index (χ3v) is 3.40. The van der Waals surface area contributed by atoms with E-state index in [-0.39, 0.29) is 0 Å². The van der Waals surface area contributed by atoms with Crippen LogP contribution in [0, 0.1) is 0 Å². The fourth-order valence-electron chi connectivity index (χ4n) is 1.65. The second kappa shape index (κ2) is 4.05. The van der Waals surface area contributed by atoms with E-state index < -0.39 is 0 Å². The highest BCUT2D eigenvalue weighted by atomic mass is 32.2. The average Bonchev–Trinajstić information content (AvgIpc) is 2.19. The lowest BCUT2D eigenvalue weighted by molar-refractivity contribution is 0.335. The second-order valence-corrected chi connectivity index (χ2v) is 4.25. The van der Waals surface area contributed by atoms with E-state index in [9.17, 15) is 0 Å². The van der Waals surface area contributed by atoms with Crippen molar-refractivity contribution in [3.63, 3.8) is 0 Å². The molecule has 0 aromatic heterocycles. The number of rotatable bonds is 2. The van der Waals surface area contributed by atoms with E-state index in [1.54, 1.807) is 0 Å². The highest BCUT2D eigenvalue weighted by molar-refractivity contribution is 7.99. The second-order valence-electron chi connectivity index (χ2n) is 3.12. The van der Waals surface area contributed by atoms with Gasteiger partial charge in [-0.25, -0.2) is 0 Å². The summed E-state index contributed by atoms with van der Waals surface area (Å²) in [4.78, 5) is 1.41. The van der Waals surface area contributed by atoms with E-state index in [0.29, 0.717) is 0 Å². The molecule has 13 heavy (non-hydrogen) atoms. The van der Waals surface area contributed by atoms with Crippen molar-refractivity contribution in [2.24, 2.45) is 0 Å². The van der Waals surface area contributed by atoms with Crippen LogP contribution in [0.2, 0.25) is 0 Å². The van der Waals surface area contributed by atoms with Crippen LogP contribution < -0.4 is 4.74 Å². The molecule has 0 saturated heterocycles. The standard InChI is InChI=1S/C11H14OS/c1-2-12-10-6-3-7-11-9(10)5-4-8-13-11/h3,6-7H,2,4-5,8H2,1H3. The van der Waals surface area contributed by atoms with Crippen molar-refractivity contribution < 1.29 is 4.74 Å². The summed E-state index contributed by atoms with van der Waals surface area (Å²) in [5.41, 5.74) is 1.42. The zero-order valence-corrected chi connectivity index (χ0v) is 8.69. The molecule has 1 aliphatic rings. The van der Waals surface area contributed by atoms with Gasteiger partial charge in [0, 0.05) is 10.5 Å². The molecule has 2 heteroatoms. The first-order chi connectivity index (χ1) is 6.42. The first-order valence-corrected chi connectivity index (χ1v) is 5.78. The maximum absolute atomic E-state index is 5.59. The summed E-state index contributed by atoms with van der Waals surface area (Å²) < 4.78 is 5.59. The highest BCUT2D eigenvalue weighted by Crippen LogP contribution is 2.35. The summed E-state index contributed by atoms with van der Waals surface area (Å²) in [7, 11) is 0. The molecular formula is C11H14OS. The summed E-state index contributed by atoms with van der Waals surface area (Å²) >= 11 is 1.95. The summed E-state index contributed by atoms with van der Waals surface area (Å²) in [5, 5.41) is 0. The van der Waals surface area contributed by atoms with Crippen LogP contribution in [0.3, 0.4) is 0 Å². The molecule has 0 spiro atoms. The van der Waals surface area contributed by atoms with Gasteiger partial charge in [-0.3, -0.25) is 0 Å². The van der Waals surface area contributed by atoms with E-state index in [1.165, 1.54) is 29.1 Å². The zero-order valence-electron chi connectivity index (χ0n) is 7.88. The van der Waals surface area contributed by atoms with E-state index in [0.717, 1.165) is 12.4 Å². The Labute approximate surface area is 83.5 Å². The number of hydrogen-bond acceptors (Lipinski definition) is 2. The molecule has 0 bridgehead atoms. The predicted octanol–water partition coefficient (Wildman–Crippen LogP) is 3.12. The van der Waals surface area contributed by atoms with Gasteiger partial charge in [-0.15, -0.1) is 11.8 Å². The number of thioether (sulfide) groups is 1. The van der Waals surface area contributed by atoms with Gasteiger partial charge in [0.1, 0.15) is 5.75 Å². The molecule has 1 aromatic carbocycles. The van der Waals surface area contributed by atoms with Crippen LogP contribution in [0.1, 0.15) is 18.9 Å². The van der Waals surface area contributed by atoms with Crippen LogP contribution in [0.4, 0.5) is 0 Å². The zero-order chi connectivity index (χ0) is 9.10. The van der Waals surface area contributed by atoms with Crippen LogP contribution in [0.5, 0.6) is 5.75 Å². The first-order valence-electron chi connectivity index (χ1n) is 4.79. The summed E-state index contributed by atoms with van der Waals surface area (Å²) in [6, 6.07) is 6.36. The Kier molecular flexibility index (Phi) is 2.79. The van der Waals surface area contributed by atoms with Crippen molar-refractivity contribution >= 4 is 11.8 Å². The molecular weight excluding hydrogens is 180 g/mol. The first kappa shape index (κ1) is 8.95. The SMILES string of the molecule is CCOc1cccc2c1CCCS2. The Morgan fingerprint density at radius 2 is 2.38 bits per heavy atom. The van der Waals surface area contributed by atoms with Gasteiger partial charge in [0.25, 0.3) is 0 Å². The van der Waals surface area contributed by atoms with Crippen LogP contribution in [-0.4, -0.2) is 12.4 Å². The predicted molar refractivity (Wildman–Crippen MR) is 56.7 cm³/mol. The van der Waals surface area contributed by atoms with Crippen LogP contribution in [0.25, 0.3) is 0 Å². The van der Waals surface area contributed by atoms with Gasteiger partial charge in [-0.2, -0.15) is 0 Å². The lowest BCUT2D eigenvalue weighted by atomic mass is 10.1. The fourth-order valence-corrected chi connectivity index (χ4v) is 2.71. The van der Waals surface area contributed by atoms with Gasteiger partial charge in [-0.05, 0) is 37.7 Å². The fraction of sp³-hybridized carbons (Fsp3) is 0.455. The molecule has 0 radical (unpaired) electrons. The Morgan fingerprint density at radius 3 is 3.23 bits per heavy atom. The molecule has 2 rings (SSSR count). The molecule has 70 valence electrons. The topological polar surface area (TPSA) is 9.23 Å². The van der Waals surface area contributed by atoms with Crippen LogP contribution >= 0.6 is 11.8 Å². The van der Waals surface area contributed by atoms with Gasteiger partial charge in [-0.1, -0.05) is 6.07 Å². The molecule has 1 nitrogen and oxygen atoms in total. The molecule has 1 aliphatic heterocycles. The minimum atomic E-state index is 0.765. The van der Waals surface area contributed by atoms with E-state index in [2.05, 4.69) is 18.2 Å². The molecule has 1 heterocycles. The number of fused-ring (bicyclic) bond motifs is 1. The summed E-state index contributed by atoms with van der Waals surface area (Å²) in [6.07, 6.45) is 2.46. The molecule has 1 aromatic rings. The number of benzene rings is 1. The van der Waals surface area contributed by atoms with E-state index in [4.69, 9.17) is 4.74 Å². The maximum Gasteiger partial charge on any atom is 0.123 e. The molecule has 0 unspecified atom stereocenters. The lowest BCUT2D eigenvalue weighted by Gasteiger charge is -2.18. The quantitative estimate of drug-likeness (QED) is 0.715. The Balaban J connectivity index is 2.34. The lowest BCUT2D eigenvalue weighted by Crippen LogP contribution is -2.02. The van der Waals surface area contributed by atoms with Crippen molar-refractivity contribution in [2.45, 2.75) is 24.7 Å². The summed E-state index contributed by atoms with van der Waals surface area (Å²) in [5.74, 6) is 2.34. The van der Waals surface area contributed by atoms with E-state index in [1.807, 2.05) is 18.7 Å². The van der Waals surface area contributed by atoms with E-state index >= 15 is 0 Å². The maximum atomic E-state index is 5.59. The van der Waals surface area contributed by atoms with Crippen molar-refractivity contribution in [3.05, 3.63) is 23.8 Å². The molecule has 0 saturated carbocycles. The van der Waals surface area contributed by atoms with Crippen molar-refractivity contribution in [3.8, 4) is 5.75 Å². The average molecular weight is 194 g/mol.